The van der Waals surface area contributed by atoms with Crippen LogP contribution in [0.25, 0.3) is 0 Å². The van der Waals surface area contributed by atoms with Gasteiger partial charge < -0.3 is 11.1 Å². The van der Waals surface area contributed by atoms with E-state index in [2.05, 4.69) is 23.3 Å². The van der Waals surface area contributed by atoms with Gasteiger partial charge in [0, 0.05) is 29.1 Å². The molecule has 1 heterocycles. The summed E-state index contributed by atoms with van der Waals surface area (Å²) in [5.74, 6) is 0. The zero-order valence-electron chi connectivity index (χ0n) is 10.9. The molecule has 1 atom stereocenters. The smallest absolute Gasteiger partial charge is 0.0409 e. The normalized spacial score (nSPS) is 12.3. The van der Waals surface area contributed by atoms with Crippen LogP contribution in [-0.4, -0.2) is 11.5 Å². The molecule has 2 rings (SSSR count). The molecule has 0 bridgehead atoms. The summed E-state index contributed by atoms with van der Waals surface area (Å²) in [5, 5.41) is 4.21. The van der Waals surface area contributed by atoms with Crippen LogP contribution >= 0.6 is 11.6 Å². The van der Waals surface area contributed by atoms with E-state index >= 15 is 0 Å². The number of nitrogens with zero attached hydrogens (tertiary/aromatic N) is 1. The Morgan fingerprint density at radius 2 is 2.21 bits per heavy atom. The van der Waals surface area contributed by atoms with Crippen LogP contribution in [0.3, 0.4) is 0 Å². The van der Waals surface area contributed by atoms with Crippen molar-refractivity contribution in [3.8, 4) is 0 Å². The van der Waals surface area contributed by atoms with Crippen molar-refractivity contribution in [2.45, 2.75) is 19.4 Å². The fourth-order valence-electron chi connectivity index (χ4n) is 2.11. The van der Waals surface area contributed by atoms with Crippen LogP contribution in [0.1, 0.15) is 24.1 Å². The van der Waals surface area contributed by atoms with Crippen molar-refractivity contribution < 1.29 is 0 Å². The molecule has 0 spiro atoms. The number of benzene rings is 1. The van der Waals surface area contributed by atoms with E-state index in [1.54, 1.807) is 6.20 Å². The highest BCUT2D eigenvalue weighted by Crippen LogP contribution is 2.23. The number of halogens is 1. The molecule has 0 aliphatic heterocycles. The number of likely N-dealkylation sites (N-methyl/N-ethyl adjacent to an activating group) is 1. The summed E-state index contributed by atoms with van der Waals surface area (Å²) in [6.45, 7) is 2.97. The SMILES string of the molecule is CCNC(Cc1cnccc1N)c1cccc(Cl)c1. The monoisotopic (exact) mass is 275 g/mol. The van der Waals surface area contributed by atoms with Crippen LogP contribution < -0.4 is 11.1 Å². The summed E-state index contributed by atoms with van der Waals surface area (Å²) in [6.07, 6.45) is 4.33. The van der Waals surface area contributed by atoms with Crippen molar-refractivity contribution in [1.29, 1.82) is 0 Å². The van der Waals surface area contributed by atoms with Gasteiger partial charge in [-0.25, -0.2) is 0 Å². The Morgan fingerprint density at radius 3 is 2.89 bits per heavy atom. The van der Waals surface area contributed by atoms with Gasteiger partial charge in [-0.1, -0.05) is 30.7 Å². The first-order chi connectivity index (χ1) is 9.20. The molecular weight excluding hydrogens is 258 g/mol. The van der Waals surface area contributed by atoms with Crippen molar-refractivity contribution in [2.75, 3.05) is 12.3 Å². The topological polar surface area (TPSA) is 50.9 Å². The lowest BCUT2D eigenvalue weighted by Gasteiger charge is -2.19. The molecule has 1 unspecified atom stereocenters. The van der Waals surface area contributed by atoms with Gasteiger partial charge in [-0.05, 0) is 42.3 Å². The molecule has 0 aliphatic rings. The fraction of sp³-hybridized carbons (Fsp3) is 0.267. The van der Waals surface area contributed by atoms with Crippen molar-refractivity contribution in [3.63, 3.8) is 0 Å². The summed E-state index contributed by atoms with van der Waals surface area (Å²) >= 11 is 6.06. The molecule has 3 nitrogen and oxygen atoms in total. The number of pyridine rings is 1. The molecule has 0 amide bonds. The van der Waals surface area contributed by atoms with Crippen LogP contribution in [0, 0.1) is 0 Å². The Labute approximate surface area is 118 Å². The number of aromatic nitrogens is 1. The zero-order chi connectivity index (χ0) is 13.7. The maximum atomic E-state index is 6.06. The van der Waals surface area contributed by atoms with Crippen LogP contribution in [0.5, 0.6) is 0 Å². The van der Waals surface area contributed by atoms with Crippen LogP contribution in [0.2, 0.25) is 5.02 Å². The predicted molar refractivity (Wildman–Crippen MR) is 80.2 cm³/mol. The van der Waals surface area contributed by atoms with E-state index in [1.807, 2.05) is 30.5 Å². The Bertz CT molecular complexity index is 542. The highest BCUT2D eigenvalue weighted by Gasteiger charge is 2.13. The maximum Gasteiger partial charge on any atom is 0.0409 e. The van der Waals surface area contributed by atoms with Gasteiger partial charge in [0.2, 0.25) is 0 Å². The third-order valence-corrected chi connectivity index (χ3v) is 3.30. The molecule has 0 saturated heterocycles. The molecular formula is C15H18ClN3. The van der Waals surface area contributed by atoms with Gasteiger partial charge in [-0.2, -0.15) is 0 Å². The molecule has 2 aromatic rings. The van der Waals surface area contributed by atoms with Crippen molar-refractivity contribution in [2.24, 2.45) is 0 Å². The molecule has 0 radical (unpaired) electrons. The minimum absolute atomic E-state index is 0.190. The van der Waals surface area contributed by atoms with Gasteiger partial charge in [0.25, 0.3) is 0 Å². The van der Waals surface area contributed by atoms with E-state index in [4.69, 9.17) is 17.3 Å². The predicted octanol–water partition coefficient (Wildman–Crippen LogP) is 3.21. The average molecular weight is 276 g/mol. The highest BCUT2D eigenvalue weighted by atomic mass is 35.5. The number of nitrogens with two attached hydrogens (primary N) is 1. The Morgan fingerprint density at radius 1 is 1.37 bits per heavy atom. The minimum atomic E-state index is 0.190. The molecule has 100 valence electrons. The molecule has 4 heteroatoms. The molecule has 0 saturated carbocycles. The first kappa shape index (κ1) is 13.8. The zero-order valence-corrected chi connectivity index (χ0v) is 11.7. The van der Waals surface area contributed by atoms with Gasteiger partial charge in [0.15, 0.2) is 0 Å². The second-order valence-corrected chi connectivity index (χ2v) is 4.88. The number of rotatable bonds is 5. The Hall–Kier alpha value is -1.58. The number of hydrogen-bond donors (Lipinski definition) is 2. The quantitative estimate of drug-likeness (QED) is 0.881. The van der Waals surface area contributed by atoms with Crippen molar-refractivity contribution >= 4 is 17.3 Å². The van der Waals surface area contributed by atoms with E-state index in [-0.39, 0.29) is 6.04 Å². The van der Waals surface area contributed by atoms with Crippen molar-refractivity contribution in [1.82, 2.24) is 10.3 Å². The maximum absolute atomic E-state index is 6.06. The molecule has 1 aromatic carbocycles. The second kappa shape index (κ2) is 6.55. The molecule has 1 aromatic heterocycles. The first-order valence-corrected chi connectivity index (χ1v) is 6.75. The lowest BCUT2D eigenvalue weighted by molar-refractivity contribution is 0.550. The van der Waals surface area contributed by atoms with Crippen LogP contribution in [-0.2, 0) is 6.42 Å². The Balaban J connectivity index is 2.24. The van der Waals surface area contributed by atoms with Gasteiger partial charge in [0.05, 0.1) is 0 Å². The van der Waals surface area contributed by atoms with E-state index in [1.165, 1.54) is 0 Å². The molecule has 3 N–H and O–H groups in total. The largest absolute Gasteiger partial charge is 0.398 e. The standard InChI is InChI=1S/C15H18ClN3/c1-2-19-15(11-4-3-5-13(16)8-11)9-12-10-18-7-6-14(12)17/h3-8,10,15,19H,2,9H2,1H3,(H2,17,18). The summed E-state index contributed by atoms with van der Waals surface area (Å²) in [7, 11) is 0. The molecule has 19 heavy (non-hydrogen) atoms. The Kier molecular flexibility index (Phi) is 4.77. The highest BCUT2D eigenvalue weighted by molar-refractivity contribution is 6.30. The minimum Gasteiger partial charge on any atom is -0.398 e. The second-order valence-electron chi connectivity index (χ2n) is 4.44. The van der Waals surface area contributed by atoms with E-state index < -0.39 is 0 Å². The third-order valence-electron chi connectivity index (χ3n) is 3.07. The summed E-state index contributed by atoms with van der Waals surface area (Å²) < 4.78 is 0. The lowest BCUT2D eigenvalue weighted by atomic mass is 9.99. The van der Waals surface area contributed by atoms with E-state index in [9.17, 15) is 0 Å². The first-order valence-electron chi connectivity index (χ1n) is 6.38. The van der Waals surface area contributed by atoms with Gasteiger partial charge in [-0.3, -0.25) is 4.98 Å². The number of nitrogen functional groups attached to an aromatic ring is 1. The van der Waals surface area contributed by atoms with E-state index in [0.717, 1.165) is 34.8 Å². The average Bonchev–Trinajstić information content (AvgIpc) is 2.40. The van der Waals surface area contributed by atoms with Crippen LogP contribution in [0.4, 0.5) is 5.69 Å². The molecule has 0 fully saturated rings. The van der Waals surface area contributed by atoms with Crippen molar-refractivity contribution in [3.05, 3.63) is 58.9 Å². The van der Waals surface area contributed by atoms with Gasteiger partial charge in [0.1, 0.15) is 0 Å². The summed E-state index contributed by atoms with van der Waals surface area (Å²) in [4.78, 5) is 4.14. The van der Waals surface area contributed by atoms with Crippen LogP contribution in [0.15, 0.2) is 42.7 Å². The third kappa shape index (κ3) is 3.69. The van der Waals surface area contributed by atoms with E-state index in [0.29, 0.717) is 0 Å². The fourth-order valence-corrected chi connectivity index (χ4v) is 2.30. The number of hydrogen-bond acceptors (Lipinski definition) is 3. The summed E-state index contributed by atoms with van der Waals surface area (Å²) in [5.41, 5.74) is 8.97. The number of anilines is 1. The van der Waals surface area contributed by atoms with Gasteiger partial charge >= 0.3 is 0 Å². The number of nitrogens with one attached hydrogen (secondary N) is 1. The molecule has 0 aliphatic carbocycles. The van der Waals surface area contributed by atoms with Gasteiger partial charge in [-0.15, -0.1) is 0 Å². The lowest BCUT2D eigenvalue weighted by Crippen LogP contribution is -2.23. The summed E-state index contributed by atoms with van der Waals surface area (Å²) in [6, 6.07) is 9.93.